The molecule has 1 aromatic carbocycles. The first-order valence-electron chi connectivity index (χ1n) is 2.94. The molecule has 0 amide bonds. The van der Waals surface area contributed by atoms with Gasteiger partial charge in [0.05, 0.1) is 0 Å². The van der Waals surface area contributed by atoms with Gasteiger partial charge in [-0.3, -0.25) is 0 Å². The molecule has 0 saturated carbocycles. The molecule has 0 saturated heterocycles. The van der Waals surface area contributed by atoms with Crippen LogP contribution in [0.2, 0.25) is 0 Å². The number of benzene rings is 1. The molecule has 53 valence electrons. The number of rotatable bonds is 2. The molecular formula is C8H8ClO. The molecule has 10 heavy (non-hydrogen) atoms. The number of hydrogen-bond acceptors (Lipinski definition) is 1. The summed E-state index contributed by atoms with van der Waals surface area (Å²) in [5.41, 5.74) is 0.864. The summed E-state index contributed by atoms with van der Waals surface area (Å²) in [5.74, 6) is 0.748. The molecule has 0 aliphatic carbocycles. The minimum atomic E-state index is 0.173. The molecule has 0 aromatic heterocycles. The number of alkyl halides is 1. The van der Waals surface area contributed by atoms with Gasteiger partial charge in [-0.2, -0.15) is 0 Å². The zero-order valence-corrected chi connectivity index (χ0v) is 6.27. The zero-order valence-electron chi connectivity index (χ0n) is 5.51. The van der Waals surface area contributed by atoms with Gasteiger partial charge in [0.1, 0.15) is 5.75 Å². The van der Waals surface area contributed by atoms with Crippen LogP contribution in [0.4, 0.5) is 0 Å². The van der Waals surface area contributed by atoms with Gasteiger partial charge in [-0.15, -0.1) is 0 Å². The van der Waals surface area contributed by atoms with Gasteiger partial charge in [-0.1, -0.05) is 29.8 Å². The molecule has 0 aliphatic heterocycles. The van der Waals surface area contributed by atoms with E-state index in [9.17, 15) is 0 Å². The first-order chi connectivity index (χ1) is 4.84. The second-order valence-corrected chi connectivity index (χ2v) is 2.08. The van der Waals surface area contributed by atoms with Crippen molar-refractivity contribution < 1.29 is 4.74 Å². The van der Waals surface area contributed by atoms with E-state index in [1.165, 1.54) is 0 Å². The van der Waals surface area contributed by atoms with Gasteiger partial charge in [0.2, 0.25) is 0 Å². The molecule has 1 rings (SSSR count). The average molecular weight is 156 g/mol. The molecule has 0 spiro atoms. The van der Waals surface area contributed by atoms with Crippen molar-refractivity contribution in [3.8, 4) is 5.75 Å². The molecule has 0 N–H and O–H groups in total. The van der Waals surface area contributed by atoms with E-state index >= 15 is 0 Å². The van der Waals surface area contributed by atoms with Crippen LogP contribution in [0.3, 0.4) is 0 Å². The Morgan fingerprint density at radius 2 is 2.10 bits per heavy atom. The monoisotopic (exact) mass is 155 g/mol. The van der Waals surface area contributed by atoms with E-state index in [0.717, 1.165) is 11.3 Å². The molecule has 2 heteroatoms. The summed E-state index contributed by atoms with van der Waals surface area (Å²) in [6.45, 7) is 3.76. The van der Waals surface area contributed by atoms with Gasteiger partial charge in [-0.05, 0) is 18.6 Å². The molecule has 0 aliphatic rings. The first kappa shape index (κ1) is 7.42. The van der Waals surface area contributed by atoms with Crippen molar-refractivity contribution in [3.05, 3.63) is 36.8 Å². The normalized spacial score (nSPS) is 9.40. The van der Waals surface area contributed by atoms with Crippen molar-refractivity contribution in [1.82, 2.24) is 0 Å². The standard InChI is InChI=1S/C8H8ClO/c1-7-4-2-3-5-8(7)10-6-9/h2-5H,1,6H2. The van der Waals surface area contributed by atoms with Gasteiger partial charge < -0.3 is 4.74 Å². The SMILES string of the molecule is [CH2]c1ccccc1OCCl. The van der Waals surface area contributed by atoms with Gasteiger partial charge in [0, 0.05) is 0 Å². The van der Waals surface area contributed by atoms with Crippen molar-refractivity contribution in [2.24, 2.45) is 0 Å². The first-order valence-corrected chi connectivity index (χ1v) is 3.48. The second kappa shape index (κ2) is 3.47. The second-order valence-electron chi connectivity index (χ2n) is 1.86. The zero-order chi connectivity index (χ0) is 7.40. The molecule has 1 radical (unpaired) electrons. The van der Waals surface area contributed by atoms with Crippen LogP contribution in [0.25, 0.3) is 0 Å². The Morgan fingerprint density at radius 1 is 1.40 bits per heavy atom. The van der Waals surface area contributed by atoms with Crippen molar-refractivity contribution in [1.29, 1.82) is 0 Å². The highest BCUT2D eigenvalue weighted by Gasteiger charge is 1.93. The molecule has 0 bridgehead atoms. The molecule has 0 atom stereocenters. The van der Waals surface area contributed by atoms with E-state index in [-0.39, 0.29) is 6.07 Å². The lowest BCUT2D eigenvalue weighted by atomic mass is 10.2. The summed E-state index contributed by atoms with van der Waals surface area (Å²) in [5, 5.41) is 0. The van der Waals surface area contributed by atoms with Crippen LogP contribution in [-0.4, -0.2) is 6.07 Å². The number of hydrogen-bond donors (Lipinski definition) is 0. The van der Waals surface area contributed by atoms with Crippen molar-refractivity contribution >= 4 is 11.6 Å². The van der Waals surface area contributed by atoms with E-state index in [0.29, 0.717) is 0 Å². The number of ether oxygens (including phenoxy) is 1. The predicted molar refractivity (Wildman–Crippen MR) is 42.2 cm³/mol. The summed E-state index contributed by atoms with van der Waals surface area (Å²) in [6.07, 6.45) is 0. The Hall–Kier alpha value is -0.690. The fourth-order valence-corrected chi connectivity index (χ4v) is 0.821. The minimum absolute atomic E-state index is 0.173. The Balaban J connectivity index is 2.81. The van der Waals surface area contributed by atoms with E-state index < -0.39 is 0 Å². The van der Waals surface area contributed by atoms with Crippen LogP contribution in [0.5, 0.6) is 5.75 Å². The van der Waals surface area contributed by atoms with Crippen LogP contribution in [0, 0.1) is 6.92 Å². The van der Waals surface area contributed by atoms with Gasteiger partial charge in [0.25, 0.3) is 0 Å². The maximum Gasteiger partial charge on any atom is 0.162 e. The number of para-hydroxylation sites is 1. The molecule has 1 nitrogen and oxygen atoms in total. The van der Waals surface area contributed by atoms with Crippen LogP contribution < -0.4 is 4.74 Å². The smallest absolute Gasteiger partial charge is 0.162 e. The highest BCUT2D eigenvalue weighted by atomic mass is 35.5. The lowest BCUT2D eigenvalue weighted by Gasteiger charge is -2.03. The Morgan fingerprint density at radius 3 is 2.70 bits per heavy atom. The van der Waals surface area contributed by atoms with Crippen molar-refractivity contribution in [2.75, 3.05) is 6.07 Å². The summed E-state index contributed by atoms with van der Waals surface area (Å²) in [7, 11) is 0. The van der Waals surface area contributed by atoms with Crippen molar-refractivity contribution in [2.45, 2.75) is 0 Å². The fourth-order valence-electron chi connectivity index (χ4n) is 0.703. The van der Waals surface area contributed by atoms with Gasteiger partial charge in [0.15, 0.2) is 6.07 Å². The third-order valence-corrected chi connectivity index (χ3v) is 1.29. The Kier molecular flexibility index (Phi) is 2.57. The highest BCUT2D eigenvalue weighted by Crippen LogP contribution is 2.15. The summed E-state index contributed by atoms with van der Waals surface area (Å²) >= 11 is 5.36. The third kappa shape index (κ3) is 1.64. The largest absolute Gasteiger partial charge is 0.478 e. The average Bonchev–Trinajstić information content (AvgIpc) is 1.94. The molecular weight excluding hydrogens is 148 g/mol. The Labute approximate surface area is 65.6 Å². The quantitative estimate of drug-likeness (QED) is 0.597. The summed E-state index contributed by atoms with van der Waals surface area (Å²) < 4.78 is 5.04. The number of halogens is 1. The van der Waals surface area contributed by atoms with Crippen LogP contribution in [0.1, 0.15) is 5.56 Å². The van der Waals surface area contributed by atoms with Crippen LogP contribution >= 0.6 is 11.6 Å². The topological polar surface area (TPSA) is 9.23 Å². The van der Waals surface area contributed by atoms with Gasteiger partial charge >= 0.3 is 0 Å². The van der Waals surface area contributed by atoms with E-state index in [4.69, 9.17) is 16.3 Å². The van der Waals surface area contributed by atoms with Crippen LogP contribution in [-0.2, 0) is 0 Å². The molecule has 0 heterocycles. The molecule has 0 unspecified atom stereocenters. The fraction of sp³-hybridized carbons (Fsp3) is 0.125. The highest BCUT2D eigenvalue weighted by molar-refractivity contribution is 6.17. The molecule has 0 fully saturated rings. The van der Waals surface area contributed by atoms with Gasteiger partial charge in [-0.25, -0.2) is 0 Å². The Bertz CT molecular complexity index is 210. The molecule has 1 aromatic rings. The maximum atomic E-state index is 5.36. The predicted octanol–water partition coefficient (Wildman–Crippen LogP) is 2.44. The maximum absolute atomic E-state index is 5.36. The van der Waals surface area contributed by atoms with Crippen molar-refractivity contribution in [3.63, 3.8) is 0 Å². The summed E-state index contributed by atoms with van der Waals surface area (Å²) in [4.78, 5) is 0. The van der Waals surface area contributed by atoms with E-state index in [1.807, 2.05) is 24.3 Å². The van der Waals surface area contributed by atoms with E-state index in [2.05, 4.69) is 6.92 Å². The third-order valence-electron chi connectivity index (χ3n) is 1.18. The summed E-state index contributed by atoms with van der Waals surface area (Å²) in [6, 6.07) is 7.68. The van der Waals surface area contributed by atoms with E-state index in [1.54, 1.807) is 0 Å². The van der Waals surface area contributed by atoms with Crippen LogP contribution in [0.15, 0.2) is 24.3 Å². The lowest BCUT2D eigenvalue weighted by Crippen LogP contribution is -1.90. The lowest BCUT2D eigenvalue weighted by molar-refractivity contribution is 0.386. The minimum Gasteiger partial charge on any atom is -0.478 e.